The minimum atomic E-state index is -5.12. The van der Waals surface area contributed by atoms with Crippen LogP contribution in [0.1, 0.15) is 27.8 Å². The number of fused-ring (bicyclic) bond motifs is 6. The third-order valence-electron chi connectivity index (χ3n) is 11.7. The molecule has 302 valence electrons. The summed E-state index contributed by atoms with van der Waals surface area (Å²) in [5.41, 5.74) is 5.78. The fraction of sp³-hybridized carbons (Fsp3) is 0.0755. The first-order valence-corrected chi connectivity index (χ1v) is 19.9. The largest absolute Gasteiger partial charge is 0.416 e. The van der Waals surface area contributed by atoms with Crippen LogP contribution < -0.4 is 0 Å². The van der Waals surface area contributed by atoms with Gasteiger partial charge in [0.2, 0.25) is 0 Å². The van der Waals surface area contributed by atoms with Gasteiger partial charge in [-0.05, 0) is 96.3 Å². The van der Waals surface area contributed by atoms with Crippen LogP contribution in [0.5, 0.6) is 0 Å². The van der Waals surface area contributed by atoms with Gasteiger partial charge in [0.05, 0.1) is 56.2 Å². The van der Waals surface area contributed by atoms with Crippen LogP contribution in [0.4, 0.5) is 26.3 Å². The average Bonchev–Trinajstić information content (AvgIpc) is 3.77. The second kappa shape index (κ2) is 14.3. The molecule has 8 aromatic carbocycles. The van der Waals surface area contributed by atoms with E-state index < -0.39 is 23.5 Å². The fourth-order valence-electron chi connectivity index (χ4n) is 8.74. The van der Waals surface area contributed by atoms with Gasteiger partial charge in [0, 0.05) is 27.1 Å². The zero-order chi connectivity index (χ0) is 43.1. The Labute approximate surface area is 351 Å². The maximum Gasteiger partial charge on any atom is 0.416 e. The molecule has 10 aromatic rings. The summed E-state index contributed by atoms with van der Waals surface area (Å²) in [6, 6.07) is 50.0. The van der Waals surface area contributed by atoms with Crippen LogP contribution >= 0.6 is 0 Å². The van der Waals surface area contributed by atoms with Gasteiger partial charge in [0.1, 0.15) is 0 Å². The molecule has 0 amide bonds. The molecule has 0 saturated carbocycles. The summed E-state index contributed by atoms with van der Waals surface area (Å²) in [6.45, 7) is 3.98. The number of nitriles is 1. The normalized spacial score (nSPS) is 12.2. The van der Waals surface area contributed by atoms with Crippen LogP contribution in [0.3, 0.4) is 0 Å². The predicted octanol–water partition coefficient (Wildman–Crippen LogP) is 15.4. The number of alkyl halides is 6. The monoisotopic (exact) mass is 825 g/mol. The summed E-state index contributed by atoms with van der Waals surface area (Å²) in [6.07, 6.45) is -10.2. The van der Waals surface area contributed by atoms with E-state index in [2.05, 4.69) is 6.07 Å². The van der Waals surface area contributed by atoms with Gasteiger partial charge in [-0.3, -0.25) is 0 Å². The molecular weight excluding hydrogens is 793 g/mol. The van der Waals surface area contributed by atoms with E-state index in [0.717, 1.165) is 67.1 Å². The van der Waals surface area contributed by atoms with E-state index in [-0.39, 0.29) is 34.1 Å². The second-order valence-electron chi connectivity index (χ2n) is 15.7. The average molecular weight is 826 g/mol. The van der Waals surface area contributed by atoms with Crippen molar-refractivity contribution in [3.63, 3.8) is 0 Å². The van der Waals surface area contributed by atoms with Crippen molar-refractivity contribution in [3.8, 4) is 50.8 Å². The van der Waals surface area contributed by atoms with Crippen molar-refractivity contribution in [2.24, 2.45) is 0 Å². The second-order valence-corrected chi connectivity index (χ2v) is 15.7. The number of aryl methyl sites for hydroxylation is 2. The molecule has 0 fully saturated rings. The lowest BCUT2D eigenvalue weighted by molar-refractivity contribution is -0.143. The van der Waals surface area contributed by atoms with E-state index in [1.165, 1.54) is 0 Å². The summed E-state index contributed by atoms with van der Waals surface area (Å²) in [5.74, 6) is 0. The van der Waals surface area contributed by atoms with Crippen molar-refractivity contribution in [2.45, 2.75) is 26.2 Å². The van der Waals surface area contributed by atoms with Crippen LogP contribution in [-0.2, 0) is 12.4 Å². The molecular formula is C53H33F6N3. The SMILES string of the molecule is Cc1ccc(-c2ccc3c4ccccc4n(-c4cc(C#N)cc(-n5c6ccccc6c6ccc(-c7ccc(C)cc7)cc65)c4-c4cc(C(F)(F)F)cc(C(F)(F)F)c4)c3c2)cc1. The van der Waals surface area contributed by atoms with Crippen LogP contribution in [0.25, 0.3) is 88.4 Å². The predicted molar refractivity (Wildman–Crippen MR) is 236 cm³/mol. The minimum absolute atomic E-state index is 0.0763. The van der Waals surface area contributed by atoms with Crippen molar-refractivity contribution in [1.29, 1.82) is 5.26 Å². The van der Waals surface area contributed by atoms with Crippen LogP contribution in [-0.4, -0.2) is 9.13 Å². The molecule has 9 heteroatoms. The van der Waals surface area contributed by atoms with Crippen molar-refractivity contribution < 1.29 is 26.3 Å². The maximum absolute atomic E-state index is 14.8. The molecule has 0 unspecified atom stereocenters. The molecule has 0 aliphatic heterocycles. The maximum atomic E-state index is 14.8. The molecule has 0 radical (unpaired) electrons. The Hall–Kier alpha value is -7.57. The smallest absolute Gasteiger partial charge is 0.308 e. The third kappa shape index (κ3) is 6.47. The van der Waals surface area contributed by atoms with E-state index in [0.29, 0.717) is 22.1 Å². The quantitative estimate of drug-likeness (QED) is 0.159. The van der Waals surface area contributed by atoms with Gasteiger partial charge < -0.3 is 9.13 Å². The zero-order valence-electron chi connectivity index (χ0n) is 33.2. The van der Waals surface area contributed by atoms with Gasteiger partial charge >= 0.3 is 12.4 Å². The molecule has 0 saturated heterocycles. The highest BCUT2D eigenvalue weighted by Gasteiger charge is 2.38. The molecule has 62 heavy (non-hydrogen) atoms. The Morgan fingerprint density at radius 2 is 0.790 bits per heavy atom. The first kappa shape index (κ1) is 38.6. The van der Waals surface area contributed by atoms with Gasteiger partial charge in [-0.25, -0.2) is 0 Å². The number of halogens is 6. The zero-order valence-corrected chi connectivity index (χ0v) is 33.2. The van der Waals surface area contributed by atoms with E-state index in [4.69, 9.17) is 0 Å². The number of aromatic nitrogens is 2. The topological polar surface area (TPSA) is 33.6 Å². The van der Waals surface area contributed by atoms with E-state index in [9.17, 15) is 31.6 Å². The molecule has 0 spiro atoms. The van der Waals surface area contributed by atoms with Crippen molar-refractivity contribution in [1.82, 2.24) is 9.13 Å². The Morgan fingerprint density at radius 3 is 1.19 bits per heavy atom. The number of benzene rings is 8. The Kier molecular flexibility index (Phi) is 8.89. The highest BCUT2D eigenvalue weighted by molar-refractivity contribution is 6.13. The van der Waals surface area contributed by atoms with Gasteiger partial charge in [-0.15, -0.1) is 0 Å². The summed E-state index contributed by atoms with van der Waals surface area (Å²) in [5, 5.41) is 14.0. The summed E-state index contributed by atoms with van der Waals surface area (Å²) in [4.78, 5) is 0. The Morgan fingerprint density at radius 1 is 0.403 bits per heavy atom. The van der Waals surface area contributed by atoms with E-state index >= 15 is 0 Å². The summed E-state index contributed by atoms with van der Waals surface area (Å²) < 4.78 is 92.5. The van der Waals surface area contributed by atoms with E-state index in [1.54, 1.807) is 12.1 Å². The molecule has 2 heterocycles. The van der Waals surface area contributed by atoms with Crippen molar-refractivity contribution >= 4 is 43.6 Å². The van der Waals surface area contributed by atoms with Gasteiger partial charge in [0.15, 0.2) is 0 Å². The first-order valence-electron chi connectivity index (χ1n) is 19.9. The third-order valence-corrected chi connectivity index (χ3v) is 11.7. The van der Waals surface area contributed by atoms with E-state index in [1.807, 2.05) is 156 Å². The van der Waals surface area contributed by atoms with Crippen LogP contribution in [0.15, 0.2) is 164 Å². The van der Waals surface area contributed by atoms with Crippen LogP contribution in [0, 0.1) is 25.2 Å². The van der Waals surface area contributed by atoms with Crippen LogP contribution in [0.2, 0.25) is 0 Å². The van der Waals surface area contributed by atoms with Gasteiger partial charge in [-0.1, -0.05) is 120 Å². The molecule has 10 rings (SSSR count). The lowest BCUT2D eigenvalue weighted by atomic mass is 9.94. The molecule has 0 atom stereocenters. The highest BCUT2D eigenvalue weighted by Crippen LogP contribution is 2.46. The molecule has 2 aromatic heterocycles. The summed E-state index contributed by atoms with van der Waals surface area (Å²) in [7, 11) is 0. The van der Waals surface area contributed by atoms with Gasteiger partial charge in [0.25, 0.3) is 0 Å². The standard InChI is InChI=1S/C53H33F6N3/c1-31-11-15-34(16-12-31)36-19-21-43-41-7-3-5-9-45(41)61(47(43)27-36)49-23-33(30-60)24-50(51(49)38-25-39(52(54,55)56)29-40(26-38)53(57,58)59)62-46-10-6-4-8-42(46)44-22-20-37(28-48(44)62)35-17-13-32(2)14-18-35/h3-29H,1-2H3. The number of hydrogen-bond acceptors (Lipinski definition) is 1. The number of rotatable bonds is 5. The Bertz CT molecular complexity index is 3240. The number of hydrogen-bond donors (Lipinski definition) is 0. The molecule has 0 aliphatic carbocycles. The molecule has 3 nitrogen and oxygen atoms in total. The lowest BCUT2D eigenvalue weighted by Gasteiger charge is -2.22. The number of nitrogens with zero attached hydrogens (tertiary/aromatic N) is 3. The van der Waals surface area contributed by atoms with Crippen molar-refractivity contribution in [3.05, 3.63) is 192 Å². The molecule has 0 bridgehead atoms. The molecule has 0 aliphatic rings. The fourth-order valence-corrected chi connectivity index (χ4v) is 8.74. The van der Waals surface area contributed by atoms with Gasteiger partial charge in [-0.2, -0.15) is 31.6 Å². The minimum Gasteiger partial charge on any atom is -0.308 e. The summed E-state index contributed by atoms with van der Waals surface area (Å²) >= 11 is 0. The Balaban J connectivity index is 1.40. The first-order chi connectivity index (χ1) is 29.8. The van der Waals surface area contributed by atoms with Crippen molar-refractivity contribution in [2.75, 3.05) is 0 Å². The lowest BCUT2D eigenvalue weighted by Crippen LogP contribution is -2.12. The molecule has 0 N–H and O–H groups in total. The number of para-hydroxylation sites is 2. The highest BCUT2D eigenvalue weighted by atomic mass is 19.4.